The van der Waals surface area contributed by atoms with Crippen LogP contribution in [-0.2, 0) is 12.1 Å². The van der Waals surface area contributed by atoms with Gasteiger partial charge in [-0.2, -0.15) is 15.2 Å². The third-order valence-electron chi connectivity index (χ3n) is 8.10. The van der Waals surface area contributed by atoms with E-state index < -0.39 is 5.60 Å². The number of aromatic nitrogens is 5. The molecule has 2 N–H and O–H groups in total. The number of hydrogen-bond donors (Lipinski definition) is 2. The Kier molecular flexibility index (Phi) is 6.45. The summed E-state index contributed by atoms with van der Waals surface area (Å²) in [6, 6.07) is 7.84. The second-order valence-electron chi connectivity index (χ2n) is 10.8. The minimum atomic E-state index is -1.42. The summed E-state index contributed by atoms with van der Waals surface area (Å²) >= 11 is 0. The zero-order valence-corrected chi connectivity index (χ0v) is 20.9. The molecule has 2 atom stereocenters. The molecule has 35 heavy (non-hydrogen) atoms. The van der Waals surface area contributed by atoms with E-state index >= 15 is 0 Å². The second kappa shape index (κ2) is 9.54. The molecule has 0 spiro atoms. The van der Waals surface area contributed by atoms with Gasteiger partial charge < -0.3 is 15.0 Å². The topological polar surface area (TPSA) is 113 Å². The van der Waals surface area contributed by atoms with Gasteiger partial charge in [0, 0.05) is 18.8 Å². The normalized spacial score (nSPS) is 23.3. The zero-order chi connectivity index (χ0) is 24.6. The molecule has 8 nitrogen and oxygen atoms in total. The molecule has 2 fully saturated rings. The molecule has 1 unspecified atom stereocenters. The van der Waals surface area contributed by atoms with Crippen molar-refractivity contribution < 1.29 is 5.11 Å². The summed E-state index contributed by atoms with van der Waals surface area (Å²) in [6.07, 6.45) is 10.0. The van der Waals surface area contributed by atoms with Crippen LogP contribution in [0.4, 0.5) is 5.82 Å². The Morgan fingerprint density at radius 3 is 2.57 bits per heavy atom. The average molecular weight is 474 g/mol. The molecule has 3 heterocycles. The van der Waals surface area contributed by atoms with Crippen molar-refractivity contribution in [3.05, 3.63) is 41.7 Å². The molecule has 0 amide bonds. The van der Waals surface area contributed by atoms with Crippen molar-refractivity contribution in [1.82, 2.24) is 24.5 Å². The zero-order valence-electron chi connectivity index (χ0n) is 20.9. The van der Waals surface area contributed by atoms with E-state index in [1.54, 1.807) is 13.1 Å². The van der Waals surface area contributed by atoms with Gasteiger partial charge in [-0.15, -0.1) is 0 Å². The van der Waals surface area contributed by atoms with Crippen LogP contribution < -0.4 is 5.32 Å². The smallest absolute Gasteiger partial charge is 0.236 e. The van der Waals surface area contributed by atoms with Gasteiger partial charge in [0.2, 0.25) is 5.82 Å². The quantitative estimate of drug-likeness (QED) is 0.508. The summed E-state index contributed by atoms with van der Waals surface area (Å²) in [4.78, 5) is 18.3. The van der Waals surface area contributed by atoms with Crippen LogP contribution in [0.3, 0.4) is 0 Å². The molecule has 8 heteroatoms. The minimum absolute atomic E-state index is 0.0842. The van der Waals surface area contributed by atoms with Crippen molar-refractivity contribution >= 4 is 17.0 Å². The van der Waals surface area contributed by atoms with Crippen LogP contribution in [0.5, 0.6) is 0 Å². The second-order valence-corrected chi connectivity index (χ2v) is 10.8. The first-order valence-corrected chi connectivity index (χ1v) is 13.0. The summed E-state index contributed by atoms with van der Waals surface area (Å²) in [7, 11) is 0. The van der Waals surface area contributed by atoms with E-state index in [2.05, 4.69) is 44.8 Å². The summed E-state index contributed by atoms with van der Waals surface area (Å²) in [5, 5.41) is 25.0. The maximum absolute atomic E-state index is 11.8. The SMILES string of the molecule is C[C@@H](Nc1nc(C#N)nc2nc(C(C)(O)c3ccccn3)n(C[C@H]3CC[C@H](C)CC3)c12)C1CCC1. The van der Waals surface area contributed by atoms with Crippen LogP contribution in [-0.4, -0.2) is 35.7 Å². The molecule has 2 aliphatic rings. The van der Waals surface area contributed by atoms with E-state index in [1.165, 1.54) is 32.1 Å². The summed E-state index contributed by atoms with van der Waals surface area (Å²) in [6.45, 7) is 6.96. The molecule has 184 valence electrons. The molecule has 0 aromatic carbocycles. The van der Waals surface area contributed by atoms with Crippen LogP contribution in [0, 0.1) is 29.1 Å². The number of aliphatic hydroxyl groups is 1. The van der Waals surface area contributed by atoms with E-state index in [1.807, 2.05) is 18.2 Å². The lowest BCUT2D eigenvalue weighted by Gasteiger charge is -2.32. The van der Waals surface area contributed by atoms with Gasteiger partial charge in [0.15, 0.2) is 17.1 Å². The largest absolute Gasteiger partial charge is 0.376 e. The van der Waals surface area contributed by atoms with Gasteiger partial charge in [-0.05, 0) is 69.4 Å². The number of hydrogen-bond acceptors (Lipinski definition) is 7. The Labute approximate surface area is 206 Å². The summed E-state index contributed by atoms with van der Waals surface area (Å²) < 4.78 is 2.10. The first-order chi connectivity index (χ1) is 16.9. The van der Waals surface area contributed by atoms with Crippen LogP contribution >= 0.6 is 0 Å². The molecule has 3 aromatic heterocycles. The van der Waals surface area contributed by atoms with Gasteiger partial charge >= 0.3 is 0 Å². The third-order valence-corrected chi connectivity index (χ3v) is 8.10. The molecule has 0 bridgehead atoms. The molecule has 0 aliphatic heterocycles. The average Bonchev–Trinajstić information content (AvgIpc) is 3.19. The monoisotopic (exact) mass is 473 g/mol. The number of fused-ring (bicyclic) bond motifs is 1. The highest BCUT2D eigenvalue weighted by atomic mass is 16.3. The highest BCUT2D eigenvalue weighted by Crippen LogP contribution is 2.37. The Bertz CT molecular complexity index is 1220. The number of pyridine rings is 1. The first-order valence-electron chi connectivity index (χ1n) is 13.0. The Balaban J connectivity index is 1.65. The highest BCUT2D eigenvalue weighted by molar-refractivity contribution is 5.84. The van der Waals surface area contributed by atoms with E-state index in [9.17, 15) is 10.4 Å². The van der Waals surface area contributed by atoms with Gasteiger partial charge in [0.25, 0.3) is 0 Å². The fourth-order valence-corrected chi connectivity index (χ4v) is 5.54. The van der Waals surface area contributed by atoms with Gasteiger partial charge in [0.05, 0.1) is 5.69 Å². The lowest BCUT2D eigenvalue weighted by molar-refractivity contribution is 0.0820. The fourth-order valence-electron chi connectivity index (χ4n) is 5.54. The van der Waals surface area contributed by atoms with Crippen molar-refractivity contribution in [2.75, 3.05) is 5.32 Å². The Morgan fingerprint density at radius 1 is 1.17 bits per heavy atom. The number of nitrogens with zero attached hydrogens (tertiary/aromatic N) is 6. The van der Waals surface area contributed by atoms with Crippen LogP contribution in [0.2, 0.25) is 0 Å². The van der Waals surface area contributed by atoms with E-state index in [-0.39, 0.29) is 11.9 Å². The molecular weight excluding hydrogens is 438 g/mol. The molecule has 3 aromatic rings. The van der Waals surface area contributed by atoms with Crippen LogP contribution in [0.1, 0.15) is 83.1 Å². The number of rotatable bonds is 7. The highest BCUT2D eigenvalue weighted by Gasteiger charge is 2.36. The molecule has 0 saturated heterocycles. The van der Waals surface area contributed by atoms with E-state index in [4.69, 9.17) is 4.98 Å². The third kappa shape index (κ3) is 4.62. The fraction of sp³-hybridized carbons (Fsp3) is 0.593. The lowest BCUT2D eigenvalue weighted by atomic mass is 9.80. The van der Waals surface area contributed by atoms with Crippen molar-refractivity contribution in [2.24, 2.45) is 17.8 Å². The summed E-state index contributed by atoms with van der Waals surface area (Å²) in [5.74, 6) is 3.04. The number of imidazole rings is 1. The minimum Gasteiger partial charge on any atom is -0.376 e. The molecule has 5 rings (SSSR count). The van der Waals surface area contributed by atoms with Crippen molar-refractivity contribution in [2.45, 2.75) is 83.9 Å². The number of nitrogens with one attached hydrogen (secondary N) is 1. The molecule has 2 aliphatic carbocycles. The number of anilines is 1. The molecular formula is C27H35N7O. The predicted molar refractivity (Wildman–Crippen MR) is 134 cm³/mol. The standard InChI is InChI=1S/C27H35N7O/c1-17-10-12-19(13-11-17)16-34-23-24(30-18(2)20-7-6-8-20)31-22(15-28)32-25(23)33-26(34)27(3,35)21-9-4-5-14-29-21/h4-5,9,14,17-20,35H,6-8,10-13,16H2,1-3H3,(H,30,31,32)/t17-,18-,19-,27?/m1/s1. The maximum atomic E-state index is 11.8. The van der Waals surface area contributed by atoms with E-state index in [0.29, 0.717) is 34.8 Å². The molecule has 2 saturated carbocycles. The van der Waals surface area contributed by atoms with Gasteiger partial charge in [0.1, 0.15) is 17.4 Å². The van der Waals surface area contributed by atoms with Gasteiger partial charge in [-0.3, -0.25) is 4.98 Å². The van der Waals surface area contributed by atoms with Crippen LogP contribution in [0.15, 0.2) is 24.4 Å². The summed E-state index contributed by atoms with van der Waals surface area (Å²) in [5.41, 5.74) is 0.308. The lowest BCUT2D eigenvalue weighted by Crippen LogP contribution is -2.32. The van der Waals surface area contributed by atoms with Crippen molar-refractivity contribution in [1.29, 1.82) is 5.26 Å². The van der Waals surface area contributed by atoms with Gasteiger partial charge in [-0.25, -0.2) is 4.98 Å². The first kappa shape index (κ1) is 23.7. The molecule has 0 radical (unpaired) electrons. The Hall–Kier alpha value is -3.05. The van der Waals surface area contributed by atoms with Gasteiger partial charge in [-0.1, -0.05) is 32.3 Å². The van der Waals surface area contributed by atoms with Crippen LogP contribution in [0.25, 0.3) is 11.2 Å². The Morgan fingerprint density at radius 2 is 1.94 bits per heavy atom. The van der Waals surface area contributed by atoms with Crippen molar-refractivity contribution in [3.63, 3.8) is 0 Å². The van der Waals surface area contributed by atoms with Crippen molar-refractivity contribution in [3.8, 4) is 6.07 Å². The van der Waals surface area contributed by atoms with E-state index in [0.717, 1.165) is 30.8 Å². The maximum Gasteiger partial charge on any atom is 0.236 e. The predicted octanol–water partition coefficient (Wildman–Crippen LogP) is 4.78. The number of nitriles is 1.